The monoisotopic (exact) mass is 291 g/mol. The van der Waals surface area contributed by atoms with Gasteiger partial charge in [0.1, 0.15) is 0 Å². The Hall–Kier alpha value is 0.220. The van der Waals surface area contributed by atoms with E-state index in [1.54, 1.807) is 0 Å². The third-order valence-electron chi connectivity index (χ3n) is 2.23. The van der Waals surface area contributed by atoms with Gasteiger partial charge in [-0.1, -0.05) is 6.92 Å². The summed E-state index contributed by atoms with van der Waals surface area (Å²) >= 11 is 0. The molecule has 0 spiro atoms. The Morgan fingerprint density at radius 3 is 1.88 bits per heavy atom. The van der Waals surface area contributed by atoms with E-state index >= 15 is 0 Å². The summed E-state index contributed by atoms with van der Waals surface area (Å²) < 4.78 is 21.9. The second kappa shape index (κ2) is 6.41. The molecule has 0 saturated heterocycles. The van der Waals surface area contributed by atoms with Crippen LogP contribution in [0, 0.1) is 0 Å². The minimum absolute atomic E-state index is 0.0483. The summed E-state index contributed by atoms with van der Waals surface area (Å²) in [6, 6.07) is 0. The van der Waals surface area contributed by atoms with Gasteiger partial charge in [0.2, 0.25) is 0 Å². The maximum absolute atomic E-state index is 11.0. The molecule has 0 rings (SSSR count). The molecule has 104 valence electrons. The fraction of sp³-hybridized carbons (Fsp3) is 1.00. The smallest absolute Gasteiger partial charge is 0.368 e. The highest BCUT2D eigenvalue weighted by molar-refractivity contribution is 7.72. The van der Waals surface area contributed by atoms with Crippen molar-refractivity contribution in [2.75, 3.05) is 13.1 Å². The molecule has 8 nitrogen and oxygen atoms in total. The van der Waals surface area contributed by atoms with Gasteiger partial charge < -0.3 is 30.0 Å². The molecule has 0 aromatic heterocycles. The molecule has 0 bridgehead atoms. The standard InChI is InChI=1S/C7H19NO7P2/c1-2-5-8-6-3-4-7(9,16(10,11)12)17(13,14)15/h8-9H,2-6H2,1H3,(H2,10,11,12)(H2,13,14,15). The van der Waals surface area contributed by atoms with Gasteiger partial charge in [-0.3, -0.25) is 9.13 Å². The normalized spacial score (nSPS) is 14.0. The van der Waals surface area contributed by atoms with Gasteiger partial charge in [-0.2, -0.15) is 0 Å². The van der Waals surface area contributed by atoms with Crippen LogP contribution in [0.4, 0.5) is 0 Å². The molecule has 0 aliphatic rings. The summed E-state index contributed by atoms with van der Waals surface area (Å²) in [5.74, 6) is 0. The number of hydrogen-bond donors (Lipinski definition) is 6. The molecule has 0 fully saturated rings. The van der Waals surface area contributed by atoms with E-state index in [1.807, 2.05) is 6.92 Å². The van der Waals surface area contributed by atoms with Gasteiger partial charge in [0.25, 0.3) is 5.08 Å². The Bertz CT molecular complexity index is 300. The van der Waals surface area contributed by atoms with Crippen molar-refractivity contribution in [1.29, 1.82) is 0 Å². The van der Waals surface area contributed by atoms with Crippen LogP contribution in [0.1, 0.15) is 26.2 Å². The maximum Gasteiger partial charge on any atom is 0.369 e. The van der Waals surface area contributed by atoms with Gasteiger partial charge in [-0.05, 0) is 25.9 Å². The van der Waals surface area contributed by atoms with Crippen molar-refractivity contribution in [1.82, 2.24) is 5.32 Å². The molecule has 10 heteroatoms. The first-order valence-corrected chi connectivity index (χ1v) is 8.33. The molecule has 0 aromatic carbocycles. The van der Waals surface area contributed by atoms with Crippen molar-refractivity contribution in [2.24, 2.45) is 0 Å². The second-order valence-electron chi connectivity index (χ2n) is 3.72. The van der Waals surface area contributed by atoms with Crippen molar-refractivity contribution in [3.8, 4) is 0 Å². The van der Waals surface area contributed by atoms with E-state index in [9.17, 15) is 14.2 Å². The zero-order valence-corrected chi connectivity index (χ0v) is 11.3. The highest BCUT2D eigenvalue weighted by Gasteiger charge is 2.58. The lowest BCUT2D eigenvalue weighted by molar-refractivity contribution is 0.121. The molecule has 0 aliphatic carbocycles. The summed E-state index contributed by atoms with van der Waals surface area (Å²) in [6.07, 6.45) is 0.242. The van der Waals surface area contributed by atoms with E-state index in [0.717, 1.165) is 6.42 Å². The zero-order chi connectivity index (χ0) is 13.7. The van der Waals surface area contributed by atoms with E-state index in [4.69, 9.17) is 19.6 Å². The Morgan fingerprint density at radius 1 is 1.06 bits per heavy atom. The molecule has 0 radical (unpaired) electrons. The minimum Gasteiger partial charge on any atom is -0.368 e. The Kier molecular flexibility index (Phi) is 6.49. The highest BCUT2D eigenvalue weighted by Crippen LogP contribution is 2.69. The van der Waals surface area contributed by atoms with E-state index in [0.29, 0.717) is 13.1 Å². The first kappa shape index (κ1) is 17.2. The Labute approximate surface area is 99.4 Å². The Morgan fingerprint density at radius 2 is 1.53 bits per heavy atom. The lowest BCUT2D eigenvalue weighted by Crippen LogP contribution is -2.30. The van der Waals surface area contributed by atoms with Gasteiger partial charge in [0.15, 0.2) is 0 Å². The van der Waals surface area contributed by atoms with Crippen molar-refractivity contribution in [3.63, 3.8) is 0 Å². The van der Waals surface area contributed by atoms with E-state index in [2.05, 4.69) is 5.32 Å². The molecule has 0 aromatic rings. The molecular weight excluding hydrogens is 272 g/mol. The lowest BCUT2D eigenvalue weighted by Gasteiger charge is -2.29. The van der Waals surface area contributed by atoms with Crippen molar-refractivity contribution >= 4 is 15.2 Å². The molecule has 6 N–H and O–H groups in total. The predicted octanol–water partition coefficient (Wildman–Crippen LogP) is -0.232. The van der Waals surface area contributed by atoms with Crippen molar-refractivity contribution in [3.05, 3.63) is 0 Å². The second-order valence-corrected chi connectivity index (χ2v) is 7.72. The average molecular weight is 291 g/mol. The van der Waals surface area contributed by atoms with Gasteiger partial charge in [0.05, 0.1) is 0 Å². The molecule has 0 aliphatic heterocycles. The molecule has 17 heavy (non-hydrogen) atoms. The van der Waals surface area contributed by atoms with Crippen molar-refractivity contribution in [2.45, 2.75) is 31.3 Å². The Balaban J connectivity index is 4.55. The molecular formula is C7H19NO7P2. The van der Waals surface area contributed by atoms with Crippen LogP contribution in [0.25, 0.3) is 0 Å². The third-order valence-corrected chi connectivity index (χ3v) is 6.10. The average Bonchev–Trinajstić information content (AvgIpc) is 2.13. The van der Waals surface area contributed by atoms with Crippen LogP contribution in [0.3, 0.4) is 0 Å². The summed E-state index contributed by atoms with van der Waals surface area (Å²) in [7, 11) is -10.6. The van der Waals surface area contributed by atoms with Crippen LogP contribution in [0.5, 0.6) is 0 Å². The minimum atomic E-state index is -5.30. The number of hydrogen-bond acceptors (Lipinski definition) is 4. The van der Waals surface area contributed by atoms with Gasteiger partial charge in [-0.15, -0.1) is 0 Å². The van der Waals surface area contributed by atoms with Gasteiger partial charge >= 0.3 is 15.2 Å². The van der Waals surface area contributed by atoms with Crippen LogP contribution in [0.15, 0.2) is 0 Å². The lowest BCUT2D eigenvalue weighted by atomic mass is 10.3. The van der Waals surface area contributed by atoms with E-state index in [-0.39, 0.29) is 6.42 Å². The van der Waals surface area contributed by atoms with E-state index in [1.165, 1.54) is 0 Å². The number of aliphatic hydroxyl groups is 1. The summed E-state index contributed by atoms with van der Waals surface area (Å²) in [4.78, 5) is 35.3. The largest absolute Gasteiger partial charge is 0.369 e. The molecule has 0 unspecified atom stereocenters. The van der Waals surface area contributed by atoms with Crippen LogP contribution in [-0.4, -0.2) is 42.9 Å². The van der Waals surface area contributed by atoms with Crippen LogP contribution < -0.4 is 5.32 Å². The number of rotatable bonds is 8. The molecule has 0 amide bonds. The topological polar surface area (TPSA) is 147 Å². The zero-order valence-electron chi connectivity index (χ0n) is 9.48. The quantitative estimate of drug-likeness (QED) is 0.265. The summed E-state index contributed by atoms with van der Waals surface area (Å²) in [6.45, 7) is 2.93. The van der Waals surface area contributed by atoms with Crippen LogP contribution >= 0.6 is 15.2 Å². The summed E-state index contributed by atoms with van der Waals surface area (Å²) in [5.41, 5.74) is 0. The SMILES string of the molecule is CCCNCCCC(O)(P(=O)(O)O)P(=O)(O)O. The third kappa shape index (κ3) is 4.77. The summed E-state index contributed by atoms with van der Waals surface area (Å²) in [5, 5.41) is 9.10. The molecule has 0 atom stereocenters. The van der Waals surface area contributed by atoms with Crippen LogP contribution in [-0.2, 0) is 9.13 Å². The van der Waals surface area contributed by atoms with Crippen molar-refractivity contribution < 1.29 is 33.8 Å². The van der Waals surface area contributed by atoms with E-state index < -0.39 is 26.7 Å². The maximum atomic E-state index is 11.0. The first-order valence-electron chi connectivity index (χ1n) is 5.10. The van der Waals surface area contributed by atoms with Gasteiger partial charge in [-0.25, -0.2) is 0 Å². The first-order chi connectivity index (χ1) is 7.56. The highest BCUT2D eigenvalue weighted by atomic mass is 31.2. The predicted molar refractivity (Wildman–Crippen MR) is 61.4 cm³/mol. The molecule has 0 saturated carbocycles. The van der Waals surface area contributed by atoms with Gasteiger partial charge in [0, 0.05) is 6.42 Å². The van der Waals surface area contributed by atoms with Crippen LogP contribution in [0.2, 0.25) is 0 Å². The number of nitrogens with one attached hydrogen (secondary N) is 1. The fourth-order valence-corrected chi connectivity index (χ4v) is 3.47. The molecule has 0 heterocycles. The fourth-order valence-electron chi connectivity index (χ4n) is 1.21.